The molecule has 0 spiro atoms. The molecule has 8 heteroatoms. The lowest BCUT2D eigenvalue weighted by molar-refractivity contribution is -0.145. The van der Waals surface area contributed by atoms with Crippen molar-refractivity contribution >= 4 is 40.6 Å². The second kappa shape index (κ2) is 12.3. The van der Waals surface area contributed by atoms with Gasteiger partial charge in [0.2, 0.25) is 0 Å². The maximum absolute atomic E-state index is 13.5. The average molecular weight is 517 g/mol. The van der Waals surface area contributed by atoms with Crippen LogP contribution < -0.4 is 9.47 Å². The Morgan fingerprint density at radius 3 is 2.49 bits per heavy atom. The number of benzene rings is 3. The Balaban J connectivity index is 1.61. The van der Waals surface area contributed by atoms with Gasteiger partial charge in [-0.2, -0.15) is 0 Å². The predicted octanol–water partition coefficient (Wildman–Crippen LogP) is 5.75. The van der Waals surface area contributed by atoms with Gasteiger partial charge in [0.1, 0.15) is 0 Å². The number of esters is 1. The minimum Gasteiger partial charge on any atom is -0.493 e. The Bertz CT molecular complexity index is 1320. The first-order valence-corrected chi connectivity index (χ1v) is 12.7. The highest BCUT2D eigenvalue weighted by molar-refractivity contribution is 8.18. The fourth-order valence-electron chi connectivity index (χ4n) is 3.61. The third-order valence-electron chi connectivity index (χ3n) is 5.47. The molecule has 1 aliphatic rings. The van der Waals surface area contributed by atoms with E-state index in [1.807, 2.05) is 61.5 Å². The Morgan fingerprint density at radius 1 is 1.03 bits per heavy atom. The first-order valence-electron chi connectivity index (χ1n) is 11.8. The minimum absolute atomic E-state index is 0.124. The second-order valence-electron chi connectivity index (χ2n) is 8.22. The zero-order valence-electron chi connectivity index (χ0n) is 21.0. The number of thioether (sulfide) groups is 1. The summed E-state index contributed by atoms with van der Waals surface area (Å²) in [5.41, 5.74) is 3.70. The van der Waals surface area contributed by atoms with Crippen LogP contribution in [-0.2, 0) is 20.9 Å². The number of carbonyl (C=O) groups is 2. The number of ether oxygens (including phenoxy) is 3. The van der Waals surface area contributed by atoms with Gasteiger partial charge in [0, 0.05) is 0 Å². The summed E-state index contributed by atoms with van der Waals surface area (Å²) in [6.45, 7) is 4.24. The van der Waals surface area contributed by atoms with Crippen molar-refractivity contribution in [2.75, 3.05) is 20.3 Å². The molecule has 1 fully saturated rings. The molecule has 0 atom stereocenters. The number of rotatable bonds is 9. The third-order valence-corrected chi connectivity index (χ3v) is 6.47. The van der Waals surface area contributed by atoms with Gasteiger partial charge in [-0.1, -0.05) is 54.1 Å². The molecular formula is C29H28N2O5S. The number of methoxy groups -OCH3 is 1. The molecule has 7 nitrogen and oxygen atoms in total. The van der Waals surface area contributed by atoms with Crippen molar-refractivity contribution in [1.29, 1.82) is 0 Å². The SMILES string of the molecule is CCOC(=O)COc1ccc(/C=C2/SC(=Nc3ccc(C)cc3)N(Cc3ccccc3)C2=O)cc1OC. The summed E-state index contributed by atoms with van der Waals surface area (Å²) in [7, 11) is 1.52. The molecule has 0 N–H and O–H groups in total. The van der Waals surface area contributed by atoms with E-state index >= 15 is 0 Å². The van der Waals surface area contributed by atoms with Gasteiger partial charge in [-0.05, 0) is 67.1 Å². The van der Waals surface area contributed by atoms with Crippen LogP contribution in [0.4, 0.5) is 5.69 Å². The molecule has 0 aliphatic carbocycles. The summed E-state index contributed by atoms with van der Waals surface area (Å²) in [6, 6.07) is 23.0. The van der Waals surface area contributed by atoms with Crippen LogP contribution in [0.2, 0.25) is 0 Å². The molecule has 1 saturated heterocycles. The molecule has 1 aliphatic heterocycles. The standard InChI is InChI=1S/C29H28N2O5S/c1-4-35-27(32)19-36-24-15-12-22(16-25(24)34-3)17-26-28(33)31(18-21-8-6-5-7-9-21)29(37-26)30-23-13-10-20(2)11-14-23/h5-17H,4,18-19H2,1-3H3/b26-17+,30-29?. The van der Waals surface area contributed by atoms with Gasteiger partial charge in [0.25, 0.3) is 5.91 Å². The van der Waals surface area contributed by atoms with Crippen molar-refractivity contribution in [2.45, 2.75) is 20.4 Å². The van der Waals surface area contributed by atoms with E-state index in [1.165, 1.54) is 18.9 Å². The van der Waals surface area contributed by atoms with Crippen LogP contribution >= 0.6 is 11.8 Å². The summed E-state index contributed by atoms with van der Waals surface area (Å²) >= 11 is 1.33. The van der Waals surface area contributed by atoms with Crippen LogP contribution in [0.1, 0.15) is 23.6 Å². The van der Waals surface area contributed by atoms with Crippen molar-refractivity contribution in [1.82, 2.24) is 4.90 Å². The molecule has 37 heavy (non-hydrogen) atoms. The molecule has 1 heterocycles. The van der Waals surface area contributed by atoms with Gasteiger partial charge in [0.15, 0.2) is 23.3 Å². The number of aryl methyl sites for hydroxylation is 1. The molecule has 0 aromatic heterocycles. The van der Waals surface area contributed by atoms with Crippen molar-refractivity contribution < 1.29 is 23.8 Å². The fourth-order valence-corrected chi connectivity index (χ4v) is 4.61. The summed E-state index contributed by atoms with van der Waals surface area (Å²) in [5.74, 6) is 0.281. The average Bonchev–Trinajstić information content (AvgIpc) is 3.18. The summed E-state index contributed by atoms with van der Waals surface area (Å²) in [4.78, 5) is 32.1. The molecule has 4 rings (SSSR count). The van der Waals surface area contributed by atoms with Gasteiger partial charge in [-0.25, -0.2) is 9.79 Å². The van der Waals surface area contributed by atoms with Crippen LogP contribution in [0, 0.1) is 6.92 Å². The molecule has 0 radical (unpaired) electrons. The maximum atomic E-state index is 13.5. The highest BCUT2D eigenvalue weighted by Gasteiger charge is 2.33. The minimum atomic E-state index is -0.456. The van der Waals surface area contributed by atoms with E-state index < -0.39 is 5.97 Å². The summed E-state index contributed by atoms with van der Waals surface area (Å²) < 4.78 is 15.9. The first-order chi connectivity index (χ1) is 18.0. The molecule has 1 amide bonds. The van der Waals surface area contributed by atoms with E-state index in [2.05, 4.69) is 0 Å². The lowest BCUT2D eigenvalue weighted by atomic mass is 10.1. The van der Waals surface area contributed by atoms with Crippen molar-refractivity contribution in [3.63, 3.8) is 0 Å². The van der Waals surface area contributed by atoms with E-state index in [0.29, 0.717) is 28.1 Å². The van der Waals surface area contributed by atoms with Crippen molar-refractivity contribution in [3.05, 3.63) is 94.4 Å². The highest BCUT2D eigenvalue weighted by Crippen LogP contribution is 2.36. The molecule has 3 aromatic carbocycles. The van der Waals surface area contributed by atoms with E-state index in [4.69, 9.17) is 19.2 Å². The second-order valence-corrected chi connectivity index (χ2v) is 9.23. The number of carbonyl (C=O) groups excluding carboxylic acids is 2. The van der Waals surface area contributed by atoms with Crippen LogP contribution in [0.15, 0.2) is 82.7 Å². The van der Waals surface area contributed by atoms with Crippen molar-refractivity contribution in [2.24, 2.45) is 4.99 Å². The zero-order valence-corrected chi connectivity index (χ0v) is 21.8. The number of amidine groups is 1. The summed E-state index contributed by atoms with van der Waals surface area (Å²) in [6.07, 6.45) is 1.81. The molecular weight excluding hydrogens is 488 g/mol. The van der Waals surface area contributed by atoms with E-state index in [9.17, 15) is 9.59 Å². The van der Waals surface area contributed by atoms with Crippen LogP contribution in [0.3, 0.4) is 0 Å². The van der Waals surface area contributed by atoms with Gasteiger partial charge >= 0.3 is 5.97 Å². The lowest BCUT2D eigenvalue weighted by Crippen LogP contribution is -2.28. The Hall–Kier alpha value is -4.04. The summed E-state index contributed by atoms with van der Waals surface area (Å²) in [5, 5.41) is 0.616. The van der Waals surface area contributed by atoms with Gasteiger partial charge in [-0.15, -0.1) is 0 Å². The molecule has 0 bridgehead atoms. The molecule has 190 valence electrons. The Morgan fingerprint density at radius 2 is 1.78 bits per heavy atom. The van der Waals surface area contributed by atoms with Gasteiger partial charge < -0.3 is 14.2 Å². The van der Waals surface area contributed by atoms with Gasteiger partial charge in [-0.3, -0.25) is 9.69 Å². The monoisotopic (exact) mass is 516 g/mol. The number of hydrogen-bond acceptors (Lipinski definition) is 7. The van der Waals surface area contributed by atoms with Crippen LogP contribution in [-0.4, -0.2) is 42.3 Å². The van der Waals surface area contributed by atoms with E-state index in [0.717, 1.165) is 22.4 Å². The maximum Gasteiger partial charge on any atom is 0.344 e. The number of amides is 1. The third kappa shape index (κ3) is 6.80. The normalized spacial score (nSPS) is 15.3. The quantitative estimate of drug-likeness (QED) is 0.266. The molecule has 0 unspecified atom stereocenters. The lowest BCUT2D eigenvalue weighted by Gasteiger charge is -2.15. The van der Waals surface area contributed by atoms with Crippen LogP contribution in [0.25, 0.3) is 6.08 Å². The predicted molar refractivity (Wildman–Crippen MR) is 146 cm³/mol. The molecule has 3 aromatic rings. The Labute approximate surface area is 220 Å². The first kappa shape index (κ1) is 26.0. The van der Waals surface area contributed by atoms with E-state index in [1.54, 1.807) is 36.1 Å². The number of hydrogen-bond donors (Lipinski definition) is 0. The topological polar surface area (TPSA) is 77.4 Å². The number of aliphatic imine (C=N–C) groups is 1. The smallest absolute Gasteiger partial charge is 0.344 e. The highest BCUT2D eigenvalue weighted by atomic mass is 32.2. The van der Waals surface area contributed by atoms with Crippen LogP contribution in [0.5, 0.6) is 11.5 Å². The largest absolute Gasteiger partial charge is 0.493 e. The Kier molecular flexibility index (Phi) is 8.64. The van der Waals surface area contributed by atoms with E-state index in [-0.39, 0.29) is 19.1 Å². The molecule has 0 saturated carbocycles. The van der Waals surface area contributed by atoms with Crippen molar-refractivity contribution in [3.8, 4) is 11.5 Å². The van der Waals surface area contributed by atoms with Gasteiger partial charge in [0.05, 0.1) is 30.9 Å². The zero-order chi connectivity index (χ0) is 26.2. The fraction of sp³-hybridized carbons (Fsp3) is 0.207. The number of nitrogens with zero attached hydrogens (tertiary/aromatic N) is 2.